The van der Waals surface area contributed by atoms with Crippen LogP contribution in [0.5, 0.6) is 0 Å². The number of nitrogens with two attached hydrogens (primary N) is 1. The van der Waals surface area contributed by atoms with Crippen molar-refractivity contribution in [2.75, 3.05) is 5.73 Å². The number of hydrogen-bond donors (Lipinski definition) is 1. The highest BCUT2D eigenvalue weighted by molar-refractivity contribution is 5.67. The van der Waals surface area contributed by atoms with Crippen LogP contribution in [0, 0.1) is 18.6 Å². The zero-order chi connectivity index (χ0) is 11.7. The van der Waals surface area contributed by atoms with E-state index in [0.29, 0.717) is 5.56 Å². The van der Waals surface area contributed by atoms with Crippen molar-refractivity contribution in [2.45, 2.75) is 6.92 Å². The number of anilines is 1. The summed E-state index contributed by atoms with van der Waals surface area (Å²) in [7, 11) is 0. The second-order valence-corrected chi connectivity index (χ2v) is 3.70. The Kier molecular flexibility index (Phi) is 2.60. The smallest absolute Gasteiger partial charge is 0.182 e. The fraction of sp³-hybridized carbons (Fsp3) is 0.0769. The lowest BCUT2D eigenvalue weighted by Gasteiger charge is -2.06. The highest BCUT2D eigenvalue weighted by Crippen LogP contribution is 2.27. The standard InChI is InChI=1S/C13H11F2N/c1-8-2-4-9(5-3-8)10-6-7-11(16)13(15)12(10)14/h2-7H,16H2,1H3. The first kappa shape index (κ1) is 10.6. The van der Waals surface area contributed by atoms with Gasteiger partial charge in [0, 0.05) is 5.56 Å². The number of benzene rings is 2. The van der Waals surface area contributed by atoms with Crippen LogP contribution in [0.4, 0.5) is 14.5 Å². The van der Waals surface area contributed by atoms with E-state index in [9.17, 15) is 8.78 Å². The maximum atomic E-state index is 13.6. The summed E-state index contributed by atoms with van der Waals surface area (Å²) in [6.45, 7) is 1.93. The fourth-order valence-corrected chi connectivity index (χ4v) is 1.52. The molecule has 0 heterocycles. The first-order chi connectivity index (χ1) is 7.59. The van der Waals surface area contributed by atoms with Crippen molar-refractivity contribution in [1.29, 1.82) is 0 Å². The van der Waals surface area contributed by atoms with Gasteiger partial charge in [-0.05, 0) is 24.6 Å². The molecule has 0 radical (unpaired) electrons. The maximum Gasteiger partial charge on any atom is 0.182 e. The van der Waals surface area contributed by atoms with Crippen LogP contribution in [0.15, 0.2) is 36.4 Å². The van der Waals surface area contributed by atoms with Crippen LogP contribution in [0.1, 0.15) is 5.56 Å². The predicted octanol–water partition coefficient (Wildman–Crippen LogP) is 3.52. The topological polar surface area (TPSA) is 26.0 Å². The Bertz CT molecular complexity index is 518. The summed E-state index contributed by atoms with van der Waals surface area (Å²) < 4.78 is 26.8. The molecule has 2 rings (SSSR count). The van der Waals surface area contributed by atoms with E-state index in [1.807, 2.05) is 19.1 Å². The van der Waals surface area contributed by atoms with Crippen molar-refractivity contribution >= 4 is 5.69 Å². The fourth-order valence-electron chi connectivity index (χ4n) is 1.52. The summed E-state index contributed by atoms with van der Waals surface area (Å²) >= 11 is 0. The summed E-state index contributed by atoms with van der Waals surface area (Å²) in [6.07, 6.45) is 0. The molecule has 1 nitrogen and oxygen atoms in total. The summed E-state index contributed by atoms with van der Waals surface area (Å²) in [4.78, 5) is 0. The van der Waals surface area contributed by atoms with Crippen molar-refractivity contribution in [3.05, 3.63) is 53.6 Å². The molecule has 0 saturated carbocycles. The summed E-state index contributed by atoms with van der Waals surface area (Å²) in [5.41, 5.74) is 7.04. The van der Waals surface area contributed by atoms with Crippen LogP contribution in [0.25, 0.3) is 11.1 Å². The largest absolute Gasteiger partial charge is 0.396 e. The molecule has 2 aromatic carbocycles. The number of aryl methyl sites for hydroxylation is 1. The monoisotopic (exact) mass is 219 g/mol. The Labute approximate surface area is 92.5 Å². The Balaban J connectivity index is 2.57. The van der Waals surface area contributed by atoms with Gasteiger partial charge in [-0.15, -0.1) is 0 Å². The molecular weight excluding hydrogens is 208 g/mol. The highest BCUT2D eigenvalue weighted by atomic mass is 19.2. The van der Waals surface area contributed by atoms with Crippen molar-refractivity contribution in [1.82, 2.24) is 0 Å². The highest BCUT2D eigenvalue weighted by Gasteiger charge is 2.12. The second kappa shape index (κ2) is 3.93. The van der Waals surface area contributed by atoms with Crippen LogP contribution in [-0.2, 0) is 0 Å². The molecule has 0 aliphatic rings. The van der Waals surface area contributed by atoms with Gasteiger partial charge in [-0.25, -0.2) is 8.78 Å². The van der Waals surface area contributed by atoms with E-state index in [4.69, 9.17) is 5.73 Å². The molecule has 3 heteroatoms. The zero-order valence-corrected chi connectivity index (χ0v) is 8.80. The first-order valence-corrected chi connectivity index (χ1v) is 4.90. The lowest BCUT2D eigenvalue weighted by atomic mass is 10.0. The molecule has 0 aliphatic heterocycles. The lowest BCUT2D eigenvalue weighted by Crippen LogP contribution is -1.96. The molecule has 0 saturated heterocycles. The van der Waals surface area contributed by atoms with E-state index < -0.39 is 11.6 Å². The molecular formula is C13H11F2N. The maximum absolute atomic E-state index is 13.6. The molecule has 0 fully saturated rings. The van der Waals surface area contributed by atoms with Gasteiger partial charge >= 0.3 is 0 Å². The van der Waals surface area contributed by atoms with Gasteiger partial charge in [0.2, 0.25) is 0 Å². The normalized spacial score (nSPS) is 10.4. The van der Waals surface area contributed by atoms with Crippen LogP contribution in [-0.4, -0.2) is 0 Å². The molecule has 0 spiro atoms. The van der Waals surface area contributed by atoms with Crippen LogP contribution in [0.2, 0.25) is 0 Å². The van der Waals surface area contributed by atoms with Crippen molar-refractivity contribution in [2.24, 2.45) is 0 Å². The predicted molar refractivity (Wildman–Crippen MR) is 60.9 cm³/mol. The van der Waals surface area contributed by atoms with E-state index in [1.54, 1.807) is 12.1 Å². The third-order valence-corrected chi connectivity index (χ3v) is 2.47. The third kappa shape index (κ3) is 1.76. The Hall–Kier alpha value is -1.90. The molecule has 0 unspecified atom stereocenters. The molecule has 0 amide bonds. The molecule has 0 bridgehead atoms. The minimum absolute atomic E-state index is 0.173. The quantitative estimate of drug-likeness (QED) is 0.729. The molecule has 0 atom stereocenters. The number of rotatable bonds is 1. The van der Waals surface area contributed by atoms with Gasteiger partial charge in [0.1, 0.15) is 0 Å². The zero-order valence-electron chi connectivity index (χ0n) is 8.80. The van der Waals surface area contributed by atoms with E-state index in [0.717, 1.165) is 5.56 Å². The first-order valence-electron chi connectivity index (χ1n) is 4.90. The lowest BCUT2D eigenvalue weighted by molar-refractivity contribution is 0.514. The number of hydrogen-bond acceptors (Lipinski definition) is 1. The van der Waals surface area contributed by atoms with Crippen molar-refractivity contribution in [3.8, 4) is 11.1 Å². The van der Waals surface area contributed by atoms with E-state index in [2.05, 4.69) is 0 Å². The van der Waals surface area contributed by atoms with Gasteiger partial charge in [0.05, 0.1) is 5.69 Å². The minimum atomic E-state index is -0.988. The van der Waals surface area contributed by atoms with Gasteiger partial charge in [-0.2, -0.15) is 0 Å². The van der Waals surface area contributed by atoms with Gasteiger partial charge < -0.3 is 5.73 Å². The Morgan fingerprint density at radius 2 is 1.50 bits per heavy atom. The van der Waals surface area contributed by atoms with Gasteiger partial charge in [-0.3, -0.25) is 0 Å². The number of nitrogen functional groups attached to an aromatic ring is 1. The van der Waals surface area contributed by atoms with Crippen molar-refractivity contribution in [3.63, 3.8) is 0 Å². The van der Waals surface area contributed by atoms with Crippen LogP contribution in [0.3, 0.4) is 0 Å². The number of halogens is 2. The van der Waals surface area contributed by atoms with Crippen LogP contribution >= 0.6 is 0 Å². The van der Waals surface area contributed by atoms with Gasteiger partial charge in [0.15, 0.2) is 11.6 Å². The second-order valence-electron chi connectivity index (χ2n) is 3.70. The molecule has 82 valence electrons. The van der Waals surface area contributed by atoms with E-state index >= 15 is 0 Å². The Morgan fingerprint density at radius 1 is 0.875 bits per heavy atom. The third-order valence-electron chi connectivity index (χ3n) is 2.47. The molecule has 0 aromatic heterocycles. The molecule has 2 aromatic rings. The molecule has 16 heavy (non-hydrogen) atoms. The summed E-state index contributed by atoms with van der Waals surface area (Å²) in [5.74, 6) is -1.89. The minimum Gasteiger partial charge on any atom is -0.396 e. The SMILES string of the molecule is Cc1ccc(-c2ccc(N)c(F)c2F)cc1. The molecule has 0 aliphatic carbocycles. The average Bonchev–Trinajstić information content (AvgIpc) is 2.28. The van der Waals surface area contributed by atoms with Crippen molar-refractivity contribution < 1.29 is 8.78 Å². The van der Waals surface area contributed by atoms with Crippen LogP contribution < -0.4 is 5.73 Å². The Morgan fingerprint density at radius 3 is 2.12 bits per heavy atom. The van der Waals surface area contributed by atoms with Gasteiger partial charge in [0.25, 0.3) is 0 Å². The summed E-state index contributed by atoms with van der Waals surface area (Å²) in [5, 5.41) is 0. The summed E-state index contributed by atoms with van der Waals surface area (Å²) in [6, 6.07) is 10.1. The van der Waals surface area contributed by atoms with Gasteiger partial charge in [-0.1, -0.05) is 29.8 Å². The van der Waals surface area contributed by atoms with E-state index in [-0.39, 0.29) is 11.3 Å². The average molecular weight is 219 g/mol. The van der Waals surface area contributed by atoms with E-state index in [1.165, 1.54) is 12.1 Å². The molecule has 2 N–H and O–H groups in total.